The molecule has 0 aliphatic carbocycles. The van der Waals surface area contributed by atoms with Gasteiger partial charge in [-0.05, 0) is 145 Å². The fourth-order valence-corrected chi connectivity index (χ4v) is 12.2. The van der Waals surface area contributed by atoms with Crippen molar-refractivity contribution >= 4 is 81.1 Å². The van der Waals surface area contributed by atoms with Crippen molar-refractivity contribution < 1.29 is 0 Å². The maximum absolute atomic E-state index is 2.45. The third-order valence-corrected chi connectivity index (χ3v) is 15.8. The van der Waals surface area contributed by atoms with Crippen LogP contribution in [0.1, 0.15) is 0 Å². The summed E-state index contributed by atoms with van der Waals surface area (Å²) >= 11 is 1.86. The molecular weight excluding hydrogens is 901 g/mol. The van der Waals surface area contributed by atoms with Crippen LogP contribution in [0.25, 0.3) is 114 Å². The predicted octanol–water partition coefficient (Wildman–Crippen LogP) is 20.1. The van der Waals surface area contributed by atoms with E-state index in [9.17, 15) is 0 Å². The van der Waals surface area contributed by atoms with Crippen molar-refractivity contribution in [2.75, 3.05) is 4.90 Å². The molecule has 0 N–H and O–H groups in total. The predicted molar refractivity (Wildman–Crippen MR) is 313 cm³/mol. The molecular formula is C70H46N2S. The minimum absolute atomic E-state index is 1.09. The first-order valence-electron chi connectivity index (χ1n) is 25.0. The quantitative estimate of drug-likeness (QED) is 0.140. The largest absolute Gasteiger partial charge is 0.310 e. The summed E-state index contributed by atoms with van der Waals surface area (Å²) < 4.78 is 5.08. The summed E-state index contributed by atoms with van der Waals surface area (Å²) in [6.07, 6.45) is 0. The summed E-state index contributed by atoms with van der Waals surface area (Å²) in [7, 11) is 0. The molecule has 342 valence electrons. The summed E-state index contributed by atoms with van der Waals surface area (Å²) in [5.74, 6) is 0. The molecule has 0 atom stereocenters. The van der Waals surface area contributed by atoms with Crippen molar-refractivity contribution in [2.45, 2.75) is 0 Å². The summed E-state index contributed by atoms with van der Waals surface area (Å²) in [6.45, 7) is 0. The average molecular weight is 947 g/mol. The first-order valence-corrected chi connectivity index (χ1v) is 25.8. The minimum atomic E-state index is 1.09. The van der Waals surface area contributed by atoms with Gasteiger partial charge in [-0.15, -0.1) is 11.3 Å². The maximum atomic E-state index is 2.45. The van der Waals surface area contributed by atoms with Crippen molar-refractivity contribution in [3.05, 3.63) is 279 Å². The molecule has 2 heterocycles. The molecule has 0 fully saturated rings. The van der Waals surface area contributed by atoms with Crippen molar-refractivity contribution in [3.8, 4) is 61.3 Å². The fraction of sp³-hybridized carbons (Fsp3) is 0. The van der Waals surface area contributed by atoms with Gasteiger partial charge >= 0.3 is 0 Å². The first-order chi connectivity index (χ1) is 36.2. The Kier molecular flexibility index (Phi) is 10.4. The molecule has 0 unspecified atom stereocenters. The summed E-state index contributed by atoms with van der Waals surface area (Å²) in [5, 5.41) is 7.63. The Morgan fingerprint density at radius 1 is 0.274 bits per heavy atom. The van der Waals surface area contributed by atoms with Crippen molar-refractivity contribution in [1.29, 1.82) is 0 Å². The molecule has 0 saturated heterocycles. The van der Waals surface area contributed by atoms with Crippen molar-refractivity contribution in [2.24, 2.45) is 0 Å². The van der Waals surface area contributed by atoms with Gasteiger partial charge in [0.05, 0.1) is 11.0 Å². The van der Waals surface area contributed by atoms with Gasteiger partial charge < -0.3 is 9.47 Å². The van der Waals surface area contributed by atoms with E-state index in [2.05, 4.69) is 289 Å². The monoisotopic (exact) mass is 946 g/mol. The van der Waals surface area contributed by atoms with E-state index in [1.807, 2.05) is 11.3 Å². The van der Waals surface area contributed by atoms with Crippen LogP contribution < -0.4 is 4.90 Å². The third-order valence-electron chi connectivity index (χ3n) is 14.6. The van der Waals surface area contributed by atoms with E-state index in [0.717, 1.165) is 28.2 Å². The fourth-order valence-electron chi connectivity index (χ4n) is 11.1. The molecule has 0 saturated carbocycles. The highest BCUT2D eigenvalue weighted by molar-refractivity contribution is 7.25. The third kappa shape index (κ3) is 7.58. The number of fused-ring (bicyclic) bond motifs is 7. The van der Waals surface area contributed by atoms with Gasteiger partial charge in [0, 0.05) is 53.7 Å². The van der Waals surface area contributed by atoms with E-state index in [1.165, 1.54) is 103 Å². The molecule has 2 nitrogen and oxygen atoms in total. The lowest BCUT2D eigenvalue weighted by atomic mass is 9.95. The summed E-state index contributed by atoms with van der Waals surface area (Å²) in [4.78, 5) is 2.38. The van der Waals surface area contributed by atoms with E-state index in [-0.39, 0.29) is 0 Å². The van der Waals surface area contributed by atoms with E-state index in [4.69, 9.17) is 0 Å². The molecule has 14 rings (SSSR count). The number of hydrogen-bond acceptors (Lipinski definition) is 2. The van der Waals surface area contributed by atoms with Crippen LogP contribution in [0.15, 0.2) is 279 Å². The second-order valence-corrected chi connectivity index (χ2v) is 19.9. The smallest absolute Gasteiger partial charge is 0.0547 e. The van der Waals surface area contributed by atoms with E-state index < -0.39 is 0 Å². The topological polar surface area (TPSA) is 8.17 Å². The Bertz CT molecular complexity index is 4350. The van der Waals surface area contributed by atoms with E-state index in [1.54, 1.807) is 0 Å². The summed E-state index contributed by atoms with van der Waals surface area (Å²) in [5.41, 5.74) is 18.8. The molecule has 3 heteroatoms. The number of anilines is 3. The molecule has 12 aromatic carbocycles. The standard InChI is InChI=1S/C70H46N2S/c1-2-14-47(15-3-1)49-34-38-56(39-35-49)71(57-40-36-50(37-41-57)48-30-32-52(33-31-48)61-25-12-17-51-16-4-5-22-60(51)61)58-21-11-19-54(45-58)53-18-10-20-55(44-53)62-26-13-28-67-70(62)64-24-6-8-27-66(64)72(67)59-42-43-69-65(46-59)63-23-7-9-29-68(63)73-69/h1-46H. The minimum Gasteiger partial charge on any atom is -0.310 e. The number of benzene rings is 12. The molecule has 2 aromatic heterocycles. The number of nitrogens with zero attached hydrogens (tertiary/aromatic N) is 2. The van der Waals surface area contributed by atoms with Crippen molar-refractivity contribution in [3.63, 3.8) is 0 Å². The highest BCUT2D eigenvalue weighted by atomic mass is 32.1. The lowest BCUT2D eigenvalue weighted by Gasteiger charge is -2.26. The average Bonchev–Trinajstić information content (AvgIpc) is 4.02. The van der Waals surface area contributed by atoms with E-state index in [0.29, 0.717) is 0 Å². The molecule has 73 heavy (non-hydrogen) atoms. The molecule has 0 amide bonds. The first kappa shape index (κ1) is 42.6. The zero-order chi connectivity index (χ0) is 48.2. The van der Waals surface area contributed by atoms with Crippen LogP contribution in [0.5, 0.6) is 0 Å². The van der Waals surface area contributed by atoms with Crippen molar-refractivity contribution in [1.82, 2.24) is 4.57 Å². The Hall–Kier alpha value is -9.28. The van der Waals surface area contributed by atoms with Crippen LogP contribution in [0.2, 0.25) is 0 Å². The highest BCUT2D eigenvalue weighted by Crippen LogP contribution is 2.43. The zero-order valence-electron chi connectivity index (χ0n) is 39.9. The van der Waals surface area contributed by atoms with Gasteiger partial charge in [-0.25, -0.2) is 0 Å². The Balaban J connectivity index is 0.831. The number of thiophene rings is 1. The van der Waals surface area contributed by atoms with Crippen LogP contribution >= 0.6 is 11.3 Å². The lowest BCUT2D eigenvalue weighted by molar-refractivity contribution is 1.19. The molecule has 0 bridgehead atoms. The normalized spacial score (nSPS) is 11.6. The van der Waals surface area contributed by atoms with Gasteiger partial charge in [0.2, 0.25) is 0 Å². The molecule has 0 aliphatic rings. The van der Waals surface area contributed by atoms with Gasteiger partial charge in [0.1, 0.15) is 0 Å². The van der Waals surface area contributed by atoms with Crippen LogP contribution in [-0.2, 0) is 0 Å². The molecule has 0 spiro atoms. The second kappa shape index (κ2) is 17.8. The van der Waals surface area contributed by atoms with Gasteiger partial charge in [-0.2, -0.15) is 0 Å². The Morgan fingerprint density at radius 3 is 1.58 bits per heavy atom. The maximum Gasteiger partial charge on any atom is 0.0547 e. The Morgan fingerprint density at radius 2 is 0.795 bits per heavy atom. The molecule has 14 aromatic rings. The van der Waals surface area contributed by atoms with Gasteiger partial charge in [-0.3, -0.25) is 0 Å². The second-order valence-electron chi connectivity index (χ2n) is 18.9. The van der Waals surface area contributed by atoms with E-state index >= 15 is 0 Å². The SMILES string of the molecule is c1ccc(-c2ccc(N(c3ccc(-c4ccc(-c5cccc6ccccc56)cc4)cc3)c3cccc(-c4cccc(-c5cccc6c5c5ccccc5n6-c5ccc6sc7ccccc7c6c5)c4)c3)cc2)cc1. The molecule has 0 aliphatic heterocycles. The highest BCUT2D eigenvalue weighted by Gasteiger charge is 2.19. The van der Waals surface area contributed by atoms with Crippen LogP contribution in [-0.4, -0.2) is 4.57 Å². The van der Waals surface area contributed by atoms with Crippen LogP contribution in [0.4, 0.5) is 17.1 Å². The Labute approximate surface area is 428 Å². The summed E-state index contributed by atoms with van der Waals surface area (Å²) in [6, 6.07) is 102. The van der Waals surface area contributed by atoms with Crippen LogP contribution in [0, 0.1) is 0 Å². The number of aromatic nitrogens is 1. The number of rotatable bonds is 9. The number of hydrogen-bond donors (Lipinski definition) is 0. The zero-order valence-corrected chi connectivity index (χ0v) is 40.7. The lowest BCUT2D eigenvalue weighted by Crippen LogP contribution is -2.10. The molecule has 0 radical (unpaired) electrons. The van der Waals surface area contributed by atoms with Gasteiger partial charge in [0.15, 0.2) is 0 Å². The van der Waals surface area contributed by atoms with Gasteiger partial charge in [-0.1, -0.05) is 200 Å². The van der Waals surface area contributed by atoms with Crippen LogP contribution in [0.3, 0.4) is 0 Å². The van der Waals surface area contributed by atoms with Gasteiger partial charge in [0.25, 0.3) is 0 Å². The number of para-hydroxylation sites is 1.